The van der Waals surface area contributed by atoms with Gasteiger partial charge in [0.2, 0.25) is 0 Å². The predicted molar refractivity (Wildman–Crippen MR) is 60.5 cm³/mol. The van der Waals surface area contributed by atoms with Crippen LogP contribution in [0.3, 0.4) is 0 Å². The van der Waals surface area contributed by atoms with Crippen LogP contribution < -0.4 is 10.3 Å². The van der Waals surface area contributed by atoms with Crippen LogP contribution in [0.4, 0.5) is 0 Å². The minimum absolute atomic E-state index is 0.142. The lowest BCUT2D eigenvalue weighted by atomic mass is 10.1. The predicted octanol–water partition coefficient (Wildman–Crippen LogP) is 1.42. The fourth-order valence-electron chi connectivity index (χ4n) is 1.67. The first-order valence-corrected chi connectivity index (χ1v) is 4.75. The molecule has 0 saturated carbocycles. The van der Waals surface area contributed by atoms with E-state index < -0.39 is 0 Å². The van der Waals surface area contributed by atoms with Gasteiger partial charge in [-0.1, -0.05) is 0 Å². The van der Waals surface area contributed by atoms with Gasteiger partial charge in [-0.3, -0.25) is 4.79 Å². The highest BCUT2D eigenvalue weighted by molar-refractivity contribution is 5.81. The van der Waals surface area contributed by atoms with Crippen molar-refractivity contribution in [2.75, 3.05) is 7.11 Å². The lowest BCUT2D eigenvalue weighted by Crippen LogP contribution is -2.19. The Bertz CT molecular complexity index is 650. The standard InChI is InChI=1S/C12H10N2O2/c1-14-11-4-3-10(16-2)6-8(11)5-9(7-13)12(14)15/h3-6H,1-2H3. The molecule has 0 saturated heterocycles. The van der Waals surface area contributed by atoms with Gasteiger partial charge in [0.15, 0.2) is 0 Å². The van der Waals surface area contributed by atoms with Gasteiger partial charge in [-0.2, -0.15) is 5.26 Å². The number of hydrogen-bond acceptors (Lipinski definition) is 3. The quantitative estimate of drug-likeness (QED) is 0.721. The highest BCUT2D eigenvalue weighted by Crippen LogP contribution is 2.19. The number of pyridine rings is 1. The fraction of sp³-hybridized carbons (Fsp3) is 0.167. The third kappa shape index (κ3) is 1.43. The molecule has 0 fully saturated rings. The average Bonchev–Trinajstić information content (AvgIpc) is 2.33. The van der Waals surface area contributed by atoms with Gasteiger partial charge < -0.3 is 9.30 Å². The largest absolute Gasteiger partial charge is 0.497 e. The molecule has 0 radical (unpaired) electrons. The summed E-state index contributed by atoms with van der Waals surface area (Å²) in [6.45, 7) is 0. The van der Waals surface area contributed by atoms with Crippen LogP contribution in [0.2, 0.25) is 0 Å². The van der Waals surface area contributed by atoms with Gasteiger partial charge in [-0.25, -0.2) is 0 Å². The first-order chi connectivity index (χ1) is 7.67. The molecule has 4 nitrogen and oxygen atoms in total. The van der Waals surface area contributed by atoms with E-state index in [1.54, 1.807) is 38.4 Å². The molecular weight excluding hydrogens is 204 g/mol. The number of ether oxygens (including phenoxy) is 1. The SMILES string of the molecule is COc1ccc2c(c1)cc(C#N)c(=O)n2C. The lowest BCUT2D eigenvalue weighted by Gasteiger charge is -2.07. The van der Waals surface area contributed by atoms with Crippen molar-refractivity contribution in [2.45, 2.75) is 0 Å². The van der Waals surface area contributed by atoms with Gasteiger partial charge in [0, 0.05) is 12.4 Å². The van der Waals surface area contributed by atoms with E-state index in [9.17, 15) is 4.79 Å². The number of aromatic nitrogens is 1. The monoisotopic (exact) mass is 214 g/mol. The van der Waals surface area contributed by atoms with Crippen LogP contribution in [0.15, 0.2) is 29.1 Å². The Morgan fingerprint density at radius 3 is 2.75 bits per heavy atom. The summed E-state index contributed by atoms with van der Waals surface area (Å²) in [6, 6.07) is 8.86. The molecule has 1 heterocycles. The molecule has 0 aliphatic carbocycles. The van der Waals surface area contributed by atoms with Crippen LogP contribution in [-0.4, -0.2) is 11.7 Å². The first kappa shape index (κ1) is 10.2. The Balaban J connectivity index is 2.89. The normalized spacial score (nSPS) is 10.1. The molecule has 1 aromatic carbocycles. The maximum Gasteiger partial charge on any atom is 0.268 e. The van der Waals surface area contributed by atoms with E-state index in [0.29, 0.717) is 5.75 Å². The van der Waals surface area contributed by atoms with Crippen molar-refractivity contribution in [3.8, 4) is 11.8 Å². The zero-order valence-electron chi connectivity index (χ0n) is 9.02. The van der Waals surface area contributed by atoms with Crippen molar-refractivity contribution in [1.29, 1.82) is 5.26 Å². The Kier molecular flexibility index (Phi) is 2.37. The highest BCUT2D eigenvalue weighted by atomic mass is 16.5. The molecular formula is C12H10N2O2. The van der Waals surface area contributed by atoms with E-state index in [1.807, 2.05) is 6.07 Å². The molecule has 0 N–H and O–H groups in total. The highest BCUT2D eigenvalue weighted by Gasteiger charge is 2.06. The molecule has 2 rings (SSSR count). The molecule has 0 unspecified atom stereocenters. The second-order valence-corrected chi connectivity index (χ2v) is 3.46. The van der Waals surface area contributed by atoms with Crippen LogP contribution in [0.25, 0.3) is 10.9 Å². The van der Waals surface area contributed by atoms with Crippen LogP contribution >= 0.6 is 0 Å². The summed E-state index contributed by atoms with van der Waals surface area (Å²) in [5, 5.41) is 9.65. The van der Waals surface area contributed by atoms with Crippen LogP contribution in [0, 0.1) is 11.3 Å². The van der Waals surface area contributed by atoms with Gasteiger partial charge in [0.05, 0.1) is 12.6 Å². The van der Waals surface area contributed by atoms with E-state index in [0.717, 1.165) is 10.9 Å². The number of methoxy groups -OCH3 is 1. The Morgan fingerprint density at radius 2 is 2.12 bits per heavy atom. The van der Waals surface area contributed by atoms with Crippen LogP contribution in [0.1, 0.15) is 5.56 Å². The summed E-state index contributed by atoms with van der Waals surface area (Å²) in [4.78, 5) is 11.7. The van der Waals surface area contributed by atoms with E-state index >= 15 is 0 Å². The minimum Gasteiger partial charge on any atom is -0.497 e. The fourth-order valence-corrected chi connectivity index (χ4v) is 1.67. The number of aryl methyl sites for hydroxylation is 1. The van der Waals surface area contributed by atoms with Gasteiger partial charge in [-0.15, -0.1) is 0 Å². The molecule has 80 valence electrons. The van der Waals surface area contributed by atoms with Crippen molar-refractivity contribution in [1.82, 2.24) is 4.57 Å². The zero-order valence-corrected chi connectivity index (χ0v) is 9.02. The number of hydrogen-bond donors (Lipinski definition) is 0. The number of nitriles is 1. The van der Waals surface area contributed by atoms with E-state index in [2.05, 4.69) is 0 Å². The molecule has 16 heavy (non-hydrogen) atoms. The number of rotatable bonds is 1. The van der Waals surface area contributed by atoms with Crippen molar-refractivity contribution < 1.29 is 4.74 Å². The Morgan fingerprint density at radius 1 is 1.38 bits per heavy atom. The minimum atomic E-state index is -0.278. The average molecular weight is 214 g/mol. The molecule has 0 amide bonds. The van der Waals surface area contributed by atoms with Crippen LogP contribution in [-0.2, 0) is 7.05 Å². The first-order valence-electron chi connectivity index (χ1n) is 4.75. The summed E-state index contributed by atoms with van der Waals surface area (Å²) >= 11 is 0. The molecule has 0 aliphatic rings. The summed E-state index contributed by atoms with van der Waals surface area (Å²) in [6.07, 6.45) is 0. The smallest absolute Gasteiger partial charge is 0.268 e. The van der Waals surface area contributed by atoms with Gasteiger partial charge >= 0.3 is 0 Å². The summed E-state index contributed by atoms with van der Waals surface area (Å²) < 4.78 is 6.56. The zero-order chi connectivity index (χ0) is 11.7. The Labute approximate surface area is 92.3 Å². The molecule has 4 heteroatoms. The second kappa shape index (κ2) is 3.70. The van der Waals surface area contributed by atoms with Crippen molar-refractivity contribution in [3.05, 3.63) is 40.2 Å². The van der Waals surface area contributed by atoms with E-state index in [-0.39, 0.29) is 11.1 Å². The van der Waals surface area contributed by atoms with E-state index in [4.69, 9.17) is 10.00 Å². The molecule has 0 bridgehead atoms. The number of fused-ring (bicyclic) bond motifs is 1. The summed E-state index contributed by atoms with van der Waals surface area (Å²) in [5.41, 5.74) is 0.646. The second-order valence-electron chi connectivity index (χ2n) is 3.46. The van der Waals surface area contributed by atoms with Gasteiger partial charge in [-0.05, 0) is 24.3 Å². The molecule has 1 aromatic heterocycles. The topological polar surface area (TPSA) is 55.0 Å². The summed E-state index contributed by atoms with van der Waals surface area (Å²) in [7, 11) is 3.23. The van der Waals surface area contributed by atoms with Crippen molar-refractivity contribution in [2.24, 2.45) is 7.05 Å². The van der Waals surface area contributed by atoms with Gasteiger partial charge in [0.1, 0.15) is 17.4 Å². The molecule has 0 spiro atoms. The lowest BCUT2D eigenvalue weighted by molar-refractivity contribution is 0.415. The van der Waals surface area contributed by atoms with Crippen molar-refractivity contribution in [3.63, 3.8) is 0 Å². The molecule has 2 aromatic rings. The Hall–Kier alpha value is -2.28. The van der Waals surface area contributed by atoms with E-state index in [1.165, 1.54) is 4.57 Å². The molecule has 0 aliphatic heterocycles. The molecule has 0 atom stereocenters. The summed E-state index contributed by atoms with van der Waals surface area (Å²) in [5.74, 6) is 0.704. The number of benzene rings is 1. The third-order valence-electron chi connectivity index (χ3n) is 2.55. The maximum atomic E-state index is 11.7. The maximum absolute atomic E-state index is 11.7. The number of nitrogens with zero attached hydrogens (tertiary/aromatic N) is 2. The van der Waals surface area contributed by atoms with Gasteiger partial charge in [0.25, 0.3) is 5.56 Å². The van der Waals surface area contributed by atoms with Crippen LogP contribution in [0.5, 0.6) is 5.75 Å². The van der Waals surface area contributed by atoms with Crippen molar-refractivity contribution >= 4 is 10.9 Å². The third-order valence-corrected chi connectivity index (χ3v) is 2.55.